The Bertz CT molecular complexity index is 243. The van der Waals surface area contributed by atoms with Gasteiger partial charge in [-0.25, -0.2) is 0 Å². The lowest BCUT2D eigenvalue weighted by Gasteiger charge is -2.49. The van der Waals surface area contributed by atoms with Crippen molar-refractivity contribution in [3.63, 3.8) is 0 Å². The first-order valence-corrected chi connectivity index (χ1v) is 7.59. The molecule has 0 aromatic carbocycles. The fourth-order valence-electron chi connectivity index (χ4n) is 3.96. The van der Waals surface area contributed by atoms with Crippen molar-refractivity contribution >= 4 is 0 Å². The first-order valence-electron chi connectivity index (χ1n) is 7.59. The zero-order valence-corrected chi connectivity index (χ0v) is 12.1. The topological polar surface area (TPSA) is 15.3 Å². The number of piperazine rings is 1. The van der Waals surface area contributed by atoms with Crippen LogP contribution in [-0.4, -0.2) is 35.6 Å². The van der Waals surface area contributed by atoms with E-state index in [2.05, 4.69) is 37.9 Å². The fraction of sp³-hybridized carbons (Fsp3) is 1.00. The van der Waals surface area contributed by atoms with Gasteiger partial charge >= 0.3 is 0 Å². The van der Waals surface area contributed by atoms with Crippen LogP contribution in [0.1, 0.15) is 59.8 Å². The third-order valence-corrected chi connectivity index (χ3v) is 5.00. The molecule has 1 saturated carbocycles. The molecule has 2 nitrogen and oxygen atoms in total. The van der Waals surface area contributed by atoms with Crippen LogP contribution < -0.4 is 5.32 Å². The number of hydrogen-bond acceptors (Lipinski definition) is 2. The Labute approximate surface area is 107 Å². The third kappa shape index (κ3) is 2.68. The number of hydrogen-bond donors (Lipinski definition) is 1. The van der Waals surface area contributed by atoms with Crippen molar-refractivity contribution in [3.8, 4) is 0 Å². The van der Waals surface area contributed by atoms with E-state index in [4.69, 9.17) is 0 Å². The molecule has 0 radical (unpaired) electrons. The van der Waals surface area contributed by atoms with Crippen molar-refractivity contribution in [2.75, 3.05) is 13.1 Å². The summed E-state index contributed by atoms with van der Waals surface area (Å²) in [4.78, 5) is 2.80. The number of nitrogens with zero attached hydrogens (tertiary/aromatic N) is 1. The molecule has 1 N–H and O–H groups in total. The Morgan fingerprint density at radius 3 is 2.47 bits per heavy atom. The Hall–Kier alpha value is -0.0800. The van der Waals surface area contributed by atoms with Crippen LogP contribution in [0.4, 0.5) is 0 Å². The molecular weight excluding hydrogens is 208 g/mol. The van der Waals surface area contributed by atoms with Crippen LogP contribution in [0.25, 0.3) is 0 Å². The molecule has 2 unspecified atom stereocenters. The SMILES string of the molecule is CCC(C(C)C)N1CC2(CCCC2)NCC1C. The molecule has 1 aliphatic heterocycles. The molecule has 2 fully saturated rings. The third-order valence-electron chi connectivity index (χ3n) is 5.00. The molecule has 1 aliphatic carbocycles. The van der Waals surface area contributed by atoms with Crippen molar-refractivity contribution in [2.45, 2.75) is 77.4 Å². The van der Waals surface area contributed by atoms with Crippen LogP contribution in [0.5, 0.6) is 0 Å². The Kier molecular flexibility index (Phi) is 4.14. The second-order valence-corrected chi connectivity index (χ2v) is 6.61. The summed E-state index contributed by atoms with van der Waals surface area (Å²) in [6.07, 6.45) is 6.93. The molecule has 1 saturated heterocycles. The highest BCUT2D eigenvalue weighted by Gasteiger charge is 2.41. The Morgan fingerprint density at radius 1 is 1.29 bits per heavy atom. The molecule has 2 atom stereocenters. The van der Waals surface area contributed by atoms with Gasteiger partial charge in [0.2, 0.25) is 0 Å². The molecule has 17 heavy (non-hydrogen) atoms. The second-order valence-electron chi connectivity index (χ2n) is 6.61. The average molecular weight is 238 g/mol. The molecule has 2 aliphatic rings. The van der Waals surface area contributed by atoms with Crippen molar-refractivity contribution in [1.29, 1.82) is 0 Å². The summed E-state index contributed by atoms with van der Waals surface area (Å²) in [7, 11) is 0. The lowest BCUT2D eigenvalue weighted by atomic mass is 9.88. The molecule has 0 aromatic heterocycles. The lowest BCUT2D eigenvalue weighted by Crippen LogP contribution is -2.65. The molecular formula is C15H30N2. The molecule has 0 amide bonds. The molecule has 1 heterocycles. The van der Waals surface area contributed by atoms with Gasteiger partial charge in [-0.2, -0.15) is 0 Å². The summed E-state index contributed by atoms with van der Waals surface area (Å²) in [6, 6.07) is 1.47. The molecule has 0 aromatic rings. The van der Waals surface area contributed by atoms with E-state index in [-0.39, 0.29) is 0 Å². The summed E-state index contributed by atoms with van der Waals surface area (Å²) in [5.74, 6) is 0.777. The average Bonchev–Trinajstić information content (AvgIpc) is 2.73. The number of rotatable bonds is 3. The van der Waals surface area contributed by atoms with E-state index in [1.807, 2.05) is 0 Å². The van der Waals surface area contributed by atoms with Crippen molar-refractivity contribution < 1.29 is 0 Å². The summed E-state index contributed by atoms with van der Waals surface area (Å²) >= 11 is 0. The molecule has 2 rings (SSSR count). The van der Waals surface area contributed by atoms with Crippen LogP contribution in [0.2, 0.25) is 0 Å². The second kappa shape index (κ2) is 5.27. The van der Waals surface area contributed by atoms with Gasteiger partial charge in [0.1, 0.15) is 0 Å². The largest absolute Gasteiger partial charge is 0.308 e. The van der Waals surface area contributed by atoms with E-state index in [1.54, 1.807) is 0 Å². The summed E-state index contributed by atoms with van der Waals surface area (Å²) in [5.41, 5.74) is 0.467. The van der Waals surface area contributed by atoms with Gasteiger partial charge in [-0.3, -0.25) is 4.90 Å². The van der Waals surface area contributed by atoms with Gasteiger partial charge in [0, 0.05) is 30.7 Å². The fourth-order valence-corrected chi connectivity index (χ4v) is 3.96. The monoisotopic (exact) mass is 238 g/mol. The molecule has 100 valence electrons. The maximum Gasteiger partial charge on any atom is 0.0309 e. The van der Waals surface area contributed by atoms with Crippen LogP contribution in [0.3, 0.4) is 0 Å². The lowest BCUT2D eigenvalue weighted by molar-refractivity contribution is 0.0307. The highest BCUT2D eigenvalue weighted by molar-refractivity contribution is 5.01. The van der Waals surface area contributed by atoms with Crippen LogP contribution in [0.15, 0.2) is 0 Å². The molecule has 0 bridgehead atoms. The minimum atomic E-state index is 0.467. The van der Waals surface area contributed by atoms with Gasteiger partial charge in [-0.05, 0) is 32.1 Å². The standard InChI is InChI=1S/C15H30N2/c1-5-14(12(2)3)17-11-15(8-6-7-9-15)16-10-13(17)4/h12-14,16H,5-11H2,1-4H3. The van der Waals surface area contributed by atoms with Crippen LogP contribution in [0, 0.1) is 5.92 Å². The van der Waals surface area contributed by atoms with Crippen molar-refractivity contribution in [2.24, 2.45) is 5.92 Å². The maximum atomic E-state index is 3.85. The van der Waals surface area contributed by atoms with E-state index < -0.39 is 0 Å². The van der Waals surface area contributed by atoms with Crippen molar-refractivity contribution in [3.05, 3.63) is 0 Å². The summed E-state index contributed by atoms with van der Waals surface area (Å²) < 4.78 is 0. The van der Waals surface area contributed by atoms with E-state index in [1.165, 1.54) is 45.2 Å². The summed E-state index contributed by atoms with van der Waals surface area (Å²) in [6.45, 7) is 12.0. The van der Waals surface area contributed by atoms with E-state index in [0.29, 0.717) is 11.6 Å². The summed E-state index contributed by atoms with van der Waals surface area (Å²) in [5, 5.41) is 3.85. The van der Waals surface area contributed by atoms with Gasteiger partial charge in [0.15, 0.2) is 0 Å². The minimum Gasteiger partial charge on any atom is -0.308 e. The minimum absolute atomic E-state index is 0.467. The quantitative estimate of drug-likeness (QED) is 0.813. The normalized spacial score (nSPS) is 31.2. The Morgan fingerprint density at radius 2 is 1.94 bits per heavy atom. The highest BCUT2D eigenvalue weighted by Crippen LogP contribution is 2.35. The predicted octanol–water partition coefficient (Wildman–Crippen LogP) is 3.03. The van der Waals surface area contributed by atoms with E-state index in [9.17, 15) is 0 Å². The van der Waals surface area contributed by atoms with Gasteiger partial charge in [-0.15, -0.1) is 0 Å². The van der Waals surface area contributed by atoms with Gasteiger partial charge in [0.25, 0.3) is 0 Å². The maximum absolute atomic E-state index is 3.85. The highest BCUT2D eigenvalue weighted by atomic mass is 15.3. The number of nitrogens with one attached hydrogen (secondary N) is 1. The van der Waals surface area contributed by atoms with Crippen molar-refractivity contribution in [1.82, 2.24) is 10.2 Å². The van der Waals surface area contributed by atoms with Crippen LogP contribution >= 0.6 is 0 Å². The van der Waals surface area contributed by atoms with Crippen LogP contribution in [-0.2, 0) is 0 Å². The first kappa shape index (κ1) is 13.4. The molecule has 2 heteroatoms. The van der Waals surface area contributed by atoms with E-state index >= 15 is 0 Å². The predicted molar refractivity (Wildman–Crippen MR) is 74.3 cm³/mol. The first-order chi connectivity index (χ1) is 8.08. The Balaban J connectivity index is 2.08. The van der Waals surface area contributed by atoms with Gasteiger partial charge in [-0.1, -0.05) is 33.6 Å². The smallest absolute Gasteiger partial charge is 0.0309 e. The zero-order chi connectivity index (χ0) is 12.5. The van der Waals surface area contributed by atoms with Gasteiger partial charge in [0.05, 0.1) is 0 Å². The zero-order valence-electron chi connectivity index (χ0n) is 12.1. The van der Waals surface area contributed by atoms with E-state index in [0.717, 1.165) is 12.0 Å². The van der Waals surface area contributed by atoms with Gasteiger partial charge < -0.3 is 5.32 Å². The molecule has 1 spiro atoms.